The Labute approximate surface area is 104 Å². The molecule has 2 N–H and O–H groups in total. The van der Waals surface area contributed by atoms with Gasteiger partial charge in [-0.05, 0) is 48.3 Å². The summed E-state index contributed by atoms with van der Waals surface area (Å²) >= 11 is 0. The molecule has 0 aromatic heterocycles. The molecule has 0 aliphatic rings. The predicted octanol–water partition coefficient (Wildman–Crippen LogP) is 3.31. The largest absolute Gasteiger partial charge is 0.507 e. The number of benzene rings is 1. The summed E-state index contributed by atoms with van der Waals surface area (Å²) in [4.78, 5) is 0. The van der Waals surface area contributed by atoms with Crippen molar-refractivity contribution in [2.24, 2.45) is 0 Å². The highest BCUT2D eigenvalue weighted by Crippen LogP contribution is 2.31. The summed E-state index contributed by atoms with van der Waals surface area (Å²) in [7, 11) is 0. The summed E-state index contributed by atoms with van der Waals surface area (Å²) in [6.45, 7) is 8.70. The molecule has 0 amide bonds. The Morgan fingerprint density at radius 1 is 1.12 bits per heavy atom. The fourth-order valence-electron chi connectivity index (χ4n) is 1.90. The molecule has 0 saturated carbocycles. The standard InChI is InChI=1S/C15H24O2/c1-11-9-13(15(2,3)4)10-12(14(11)17)7-5-6-8-16/h9-10,16-17H,5-8H2,1-4H3. The van der Waals surface area contributed by atoms with Crippen LogP contribution in [0.1, 0.15) is 50.3 Å². The Balaban J connectivity index is 2.99. The minimum atomic E-state index is 0.101. The monoisotopic (exact) mass is 236 g/mol. The molecule has 0 saturated heterocycles. The van der Waals surface area contributed by atoms with Crippen LogP contribution in [-0.4, -0.2) is 16.8 Å². The molecule has 0 fully saturated rings. The van der Waals surface area contributed by atoms with Gasteiger partial charge in [-0.15, -0.1) is 0 Å². The van der Waals surface area contributed by atoms with Gasteiger partial charge < -0.3 is 10.2 Å². The molecule has 0 radical (unpaired) electrons. The van der Waals surface area contributed by atoms with E-state index in [-0.39, 0.29) is 12.0 Å². The summed E-state index contributed by atoms with van der Waals surface area (Å²) in [5, 5.41) is 18.8. The van der Waals surface area contributed by atoms with E-state index in [4.69, 9.17) is 5.11 Å². The lowest BCUT2D eigenvalue weighted by Gasteiger charge is -2.21. The first-order chi connectivity index (χ1) is 7.86. The molecule has 0 bridgehead atoms. The summed E-state index contributed by atoms with van der Waals surface area (Å²) in [6, 6.07) is 4.16. The lowest BCUT2D eigenvalue weighted by atomic mass is 9.84. The first-order valence-electron chi connectivity index (χ1n) is 6.30. The topological polar surface area (TPSA) is 40.5 Å². The third-order valence-corrected chi connectivity index (χ3v) is 3.10. The maximum Gasteiger partial charge on any atom is 0.121 e. The van der Waals surface area contributed by atoms with Gasteiger partial charge >= 0.3 is 0 Å². The summed E-state index contributed by atoms with van der Waals surface area (Å²) in [5.41, 5.74) is 3.30. The van der Waals surface area contributed by atoms with E-state index >= 15 is 0 Å². The highest BCUT2D eigenvalue weighted by molar-refractivity contribution is 5.45. The van der Waals surface area contributed by atoms with Crippen molar-refractivity contribution in [3.63, 3.8) is 0 Å². The molecule has 96 valence electrons. The Morgan fingerprint density at radius 2 is 1.76 bits per heavy atom. The van der Waals surface area contributed by atoms with Crippen molar-refractivity contribution in [3.05, 3.63) is 28.8 Å². The first-order valence-corrected chi connectivity index (χ1v) is 6.30. The van der Waals surface area contributed by atoms with Crippen LogP contribution in [0.4, 0.5) is 0 Å². The second kappa shape index (κ2) is 5.54. The third-order valence-electron chi connectivity index (χ3n) is 3.10. The Morgan fingerprint density at radius 3 is 2.29 bits per heavy atom. The molecule has 2 heteroatoms. The van der Waals surface area contributed by atoms with Crippen molar-refractivity contribution in [3.8, 4) is 5.75 Å². The molecule has 0 spiro atoms. The van der Waals surface area contributed by atoms with Gasteiger partial charge in [0.25, 0.3) is 0 Å². The molecular weight excluding hydrogens is 212 g/mol. The fraction of sp³-hybridized carbons (Fsp3) is 0.600. The number of hydrogen-bond donors (Lipinski definition) is 2. The molecule has 0 aliphatic heterocycles. The van der Waals surface area contributed by atoms with Crippen LogP contribution >= 0.6 is 0 Å². The van der Waals surface area contributed by atoms with Gasteiger partial charge in [0.05, 0.1) is 0 Å². The zero-order valence-electron chi connectivity index (χ0n) is 11.4. The number of phenolic OH excluding ortho intramolecular Hbond substituents is 1. The van der Waals surface area contributed by atoms with E-state index in [0.717, 1.165) is 30.4 Å². The van der Waals surface area contributed by atoms with Crippen LogP contribution in [0.15, 0.2) is 12.1 Å². The highest BCUT2D eigenvalue weighted by atomic mass is 16.3. The Hall–Kier alpha value is -1.02. The van der Waals surface area contributed by atoms with Crippen molar-refractivity contribution in [2.45, 2.75) is 52.4 Å². The van der Waals surface area contributed by atoms with Crippen molar-refractivity contribution in [2.75, 3.05) is 6.61 Å². The van der Waals surface area contributed by atoms with Crippen LogP contribution < -0.4 is 0 Å². The second-order valence-electron chi connectivity index (χ2n) is 5.73. The van der Waals surface area contributed by atoms with Crippen molar-refractivity contribution in [1.82, 2.24) is 0 Å². The van der Waals surface area contributed by atoms with Crippen molar-refractivity contribution >= 4 is 0 Å². The maximum atomic E-state index is 10.0. The minimum absolute atomic E-state index is 0.101. The molecule has 0 unspecified atom stereocenters. The van der Waals surface area contributed by atoms with E-state index in [9.17, 15) is 5.11 Å². The van der Waals surface area contributed by atoms with Crippen LogP contribution in [0.3, 0.4) is 0 Å². The molecule has 1 aromatic rings. The van der Waals surface area contributed by atoms with Gasteiger partial charge in [0.2, 0.25) is 0 Å². The van der Waals surface area contributed by atoms with Gasteiger partial charge in [-0.1, -0.05) is 32.9 Å². The van der Waals surface area contributed by atoms with Crippen molar-refractivity contribution in [1.29, 1.82) is 0 Å². The third kappa shape index (κ3) is 3.74. The van der Waals surface area contributed by atoms with E-state index in [0.29, 0.717) is 5.75 Å². The van der Waals surface area contributed by atoms with E-state index < -0.39 is 0 Å². The predicted molar refractivity (Wildman–Crippen MR) is 71.6 cm³/mol. The van der Waals surface area contributed by atoms with E-state index in [1.165, 1.54) is 5.56 Å². The zero-order chi connectivity index (χ0) is 13.1. The number of hydrogen-bond acceptors (Lipinski definition) is 2. The second-order valence-corrected chi connectivity index (χ2v) is 5.73. The molecule has 1 aromatic carbocycles. The van der Waals surface area contributed by atoms with E-state index in [2.05, 4.69) is 32.9 Å². The zero-order valence-corrected chi connectivity index (χ0v) is 11.4. The molecule has 0 aliphatic carbocycles. The number of aliphatic hydroxyl groups is 1. The van der Waals surface area contributed by atoms with Gasteiger partial charge in [-0.2, -0.15) is 0 Å². The normalized spacial score (nSPS) is 11.8. The quantitative estimate of drug-likeness (QED) is 0.787. The van der Waals surface area contributed by atoms with E-state index in [1.54, 1.807) is 0 Å². The van der Waals surface area contributed by atoms with Gasteiger partial charge in [0, 0.05) is 6.61 Å². The molecule has 0 heterocycles. The number of aryl methyl sites for hydroxylation is 2. The molecule has 1 rings (SSSR count). The summed E-state index contributed by atoms with van der Waals surface area (Å²) < 4.78 is 0. The number of unbranched alkanes of at least 4 members (excludes halogenated alkanes) is 1. The van der Waals surface area contributed by atoms with Crippen LogP contribution in [0.25, 0.3) is 0 Å². The van der Waals surface area contributed by atoms with Crippen LogP contribution in [0.5, 0.6) is 5.75 Å². The average Bonchev–Trinajstić information content (AvgIpc) is 2.22. The number of aromatic hydroxyl groups is 1. The van der Waals surface area contributed by atoms with Crippen LogP contribution in [0, 0.1) is 6.92 Å². The van der Waals surface area contributed by atoms with Gasteiger partial charge in [-0.3, -0.25) is 0 Å². The van der Waals surface area contributed by atoms with Crippen LogP contribution in [-0.2, 0) is 11.8 Å². The molecule has 17 heavy (non-hydrogen) atoms. The summed E-state index contributed by atoms with van der Waals surface area (Å²) in [5.74, 6) is 0.413. The van der Waals surface area contributed by atoms with Crippen molar-refractivity contribution < 1.29 is 10.2 Å². The Kier molecular flexibility index (Phi) is 4.58. The van der Waals surface area contributed by atoms with Gasteiger partial charge in [0.1, 0.15) is 5.75 Å². The van der Waals surface area contributed by atoms with Gasteiger partial charge in [0.15, 0.2) is 0 Å². The van der Waals surface area contributed by atoms with E-state index in [1.807, 2.05) is 6.92 Å². The van der Waals surface area contributed by atoms with Gasteiger partial charge in [-0.25, -0.2) is 0 Å². The molecular formula is C15H24O2. The fourth-order valence-corrected chi connectivity index (χ4v) is 1.90. The number of rotatable bonds is 4. The number of phenols is 1. The Bertz CT molecular complexity index is 375. The SMILES string of the molecule is Cc1cc(C(C)(C)C)cc(CCCCO)c1O. The minimum Gasteiger partial charge on any atom is -0.507 e. The molecule has 2 nitrogen and oxygen atoms in total. The first kappa shape index (κ1) is 14.0. The lowest BCUT2D eigenvalue weighted by molar-refractivity contribution is 0.284. The average molecular weight is 236 g/mol. The highest BCUT2D eigenvalue weighted by Gasteiger charge is 2.17. The number of aliphatic hydroxyl groups excluding tert-OH is 1. The van der Waals surface area contributed by atoms with Crippen LogP contribution in [0.2, 0.25) is 0 Å². The maximum absolute atomic E-state index is 10.0. The lowest BCUT2D eigenvalue weighted by Crippen LogP contribution is -2.12. The molecule has 0 atom stereocenters. The smallest absolute Gasteiger partial charge is 0.121 e. The summed E-state index contributed by atoms with van der Waals surface area (Å²) in [6.07, 6.45) is 2.53.